The number of benzene rings is 1. The van der Waals surface area contributed by atoms with Crippen LogP contribution in [-0.2, 0) is 6.42 Å². The van der Waals surface area contributed by atoms with Crippen LogP contribution in [0.5, 0.6) is 5.75 Å². The van der Waals surface area contributed by atoms with E-state index in [9.17, 15) is 0 Å². The molecular weight excluding hydrogens is 267 g/mol. The second-order valence-electron chi connectivity index (χ2n) is 5.56. The number of rotatable bonds is 2. The van der Waals surface area contributed by atoms with Gasteiger partial charge in [-0.1, -0.05) is 31.4 Å². The lowest BCUT2D eigenvalue weighted by Crippen LogP contribution is -2.11. The molecule has 2 aliphatic rings. The molecule has 3 atom stereocenters. The molecule has 0 aromatic heterocycles. The first-order valence-electron chi connectivity index (χ1n) is 6.76. The van der Waals surface area contributed by atoms with Gasteiger partial charge in [0.15, 0.2) is 0 Å². The summed E-state index contributed by atoms with van der Waals surface area (Å²) in [6, 6.07) is 4.00. The number of hydrogen-bond acceptors (Lipinski definition) is 1. The largest absolute Gasteiger partial charge is 0.493 e. The molecule has 0 spiro atoms. The Labute approximate surface area is 118 Å². The monoisotopic (exact) mass is 284 g/mol. The Bertz CT molecular complexity index is 458. The van der Waals surface area contributed by atoms with Gasteiger partial charge in [0.1, 0.15) is 5.75 Å². The SMILES string of the molecule is CC1CCCC1C(Cl)c1cc(Cl)cc2c1OCC2. The van der Waals surface area contributed by atoms with Crippen molar-refractivity contribution in [1.29, 1.82) is 0 Å². The molecule has 0 N–H and O–H groups in total. The van der Waals surface area contributed by atoms with E-state index in [0.29, 0.717) is 11.8 Å². The molecule has 3 heteroatoms. The molecular formula is C15H18Cl2O. The van der Waals surface area contributed by atoms with Gasteiger partial charge in [0, 0.05) is 17.0 Å². The summed E-state index contributed by atoms with van der Waals surface area (Å²) >= 11 is 12.9. The van der Waals surface area contributed by atoms with Gasteiger partial charge in [0.05, 0.1) is 12.0 Å². The highest BCUT2D eigenvalue weighted by Gasteiger charge is 2.33. The fraction of sp³-hybridized carbons (Fsp3) is 0.600. The van der Waals surface area contributed by atoms with E-state index in [-0.39, 0.29) is 5.38 Å². The van der Waals surface area contributed by atoms with E-state index in [1.54, 1.807) is 0 Å². The topological polar surface area (TPSA) is 9.23 Å². The van der Waals surface area contributed by atoms with E-state index in [1.165, 1.54) is 24.8 Å². The predicted octanol–water partition coefficient (Wildman–Crippen LogP) is 4.99. The Morgan fingerprint density at radius 3 is 2.89 bits per heavy atom. The van der Waals surface area contributed by atoms with Gasteiger partial charge in [-0.3, -0.25) is 0 Å². The minimum Gasteiger partial charge on any atom is -0.493 e. The Hall–Kier alpha value is -0.400. The molecule has 0 saturated heterocycles. The van der Waals surface area contributed by atoms with Crippen molar-refractivity contribution >= 4 is 23.2 Å². The van der Waals surface area contributed by atoms with Crippen LogP contribution >= 0.6 is 23.2 Å². The van der Waals surface area contributed by atoms with Crippen LogP contribution < -0.4 is 4.74 Å². The van der Waals surface area contributed by atoms with Crippen LogP contribution in [0.4, 0.5) is 0 Å². The van der Waals surface area contributed by atoms with Crippen LogP contribution in [0, 0.1) is 11.8 Å². The first kappa shape index (κ1) is 12.6. The van der Waals surface area contributed by atoms with Crippen molar-refractivity contribution in [3.8, 4) is 5.75 Å². The van der Waals surface area contributed by atoms with Gasteiger partial charge in [0.25, 0.3) is 0 Å². The van der Waals surface area contributed by atoms with Crippen molar-refractivity contribution in [3.63, 3.8) is 0 Å². The van der Waals surface area contributed by atoms with Gasteiger partial charge >= 0.3 is 0 Å². The zero-order chi connectivity index (χ0) is 12.7. The maximum Gasteiger partial charge on any atom is 0.127 e. The third-order valence-electron chi connectivity index (χ3n) is 4.38. The van der Waals surface area contributed by atoms with Crippen molar-refractivity contribution in [2.24, 2.45) is 11.8 Å². The van der Waals surface area contributed by atoms with E-state index in [1.807, 2.05) is 12.1 Å². The maximum absolute atomic E-state index is 6.72. The van der Waals surface area contributed by atoms with Crippen molar-refractivity contribution in [3.05, 3.63) is 28.3 Å². The molecule has 1 aromatic carbocycles. The highest BCUT2D eigenvalue weighted by atomic mass is 35.5. The average Bonchev–Trinajstić information content (AvgIpc) is 2.95. The van der Waals surface area contributed by atoms with Crippen LogP contribution in [-0.4, -0.2) is 6.61 Å². The van der Waals surface area contributed by atoms with Crippen LogP contribution in [0.15, 0.2) is 12.1 Å². The van der Waals surface area contributed by atoms with Crippen molar-refractivity contribution in [2.45, 2.75) is 38.0 Å². The number of ether oxygens (including phenoxy) is 1. The van der Waals surface area contributed by atoms with Gasteiger partial charge in [-0.15, -0.1) is 11.6 Å². The van der Waals surface area contributed by atoms with Gasteiger partial charge < -0.3 is 4.74 Å². The number of alkyl halides is 1. The summed E-state index contributed by atoms with van der Waals surface area (Å²) in [5.74, 6) is 2.25. The second-order valence-corrected chi connectivity index (χ2v) is 6.46. The lowest BCUT2D eigenvalue weighted by molar-refractivity contribution is 0.344. The molecule has 1 nitrogen and oxygen atoms in total. The van der Waals surface area contributed by atoms with Gasteiger partial charge in [-0.05, 0) is 36.0 Å². The van der Waals surface area contributed by atoms with Gasteiger partial charge in [-0.25, -0.2) is 0 Å². The summed E-state index contributed by atoms with van der Waals surface area (Å²) in [6.45, 7) is 3.06. The molecule has 1 saturated carbocycles. The zero-order valence-corrected chi connectivity index (χ0v) is 12.1. The Balaban J connectivity index is 1.96. The minimum absolute atomic E-state index is 0.0352. The van der Waals surface area contributed by atoms with E-state index in [4.69, 9.17) is 27.9 Å². The molecule has 1 aromatic rings. The summed E-state index contributed by atoms with van der Waals surface area (Å²) in [4.78, 5) is 0. The highest BCUT2D eigenvalue weighted by molar-refractivity contribution is 6.31. The second kappa shape index (κ2) is 4.94. The van der Waals surface area contributed by atoms with Crippen LogP contribution in [0.25, 0.3) is 0 Å². The summed E-state index contributed by atoms with van der Waals surface area (Å²) in [6.07, 6.45) is 4.75. The van der Waals surface area contributed by atoms with E-state index in [2.05, 4.69) is 6.92 Å². The predicted molar refractivity (Wildman–Crippen MR) is 75.8 cm³/mol. The molecule has 0 bridgehead atoms. The average molecular weight is 285 g/mol. The quantitative estimate of drug-likeness (QED) is 0.695. The molecule has 1 fully saturated rings. The lowest BCUT2D eigenvalue weighted by Gasteiger charge is -2.23. The normalized spacial score (nSPS) is 27.9. The maximum atomic E-state index is 6.72. The van der Waals surface area contributed by atoms with Crippen LogP contribution in [0.3, 0.4) is 0 Å². The molecule has 0 amide bonds. The van der Waals surface area contributed by atoms with Crippen LogP contribution in [0.1, 0.15) is 42.7 Å². The van der Waals surface area contributed by atoms with Crippen LogP contribution in [0.2, 0.25) is 5.02 Å². The summed E-state index contributed by atoms with van der Waals surface area (Å²) in [5, 5.41) is 0.818. The number of fused-ring (bicyclic) bond motifs is 1. The molecule has 1 heterocycles. The standard InChI is InChI=1S/C15H18Cl2O/c1-9-3-2-4-12(9)14(17)13-8-11(16)7-10-5-6-18-15(10)13/h7-9,12,14H,2-6H2,1H3. The molecule has 1 aliphatic carbocycles. The fourth-order valence-electron chi connectivity index (χ4n) is 3.34. The zero-order valence-electron chi connectivity index (χ0n) is 10.6. The molecule has 3 unspecified atom stereocenters. The molecule has 0 radical (unpaired) electrons. The third-order valence-corrected chi connectivity index (χ3v) is 5.15. The van der Waals surface area contributed by atoms with Gasteiger partial charge in [-0.2, -0.15) is 0 Å². The van der Waals surface area contributed by atoms with Crippen molar-refractivity contribution in [2.75, 3.05) is 6.61 Å². The fourth-order valence-corrected chi connectivity index (χ4v) is 4.13. The number of halogens is 2. The molecule has 3 rings (SSSR count). The number of hydrogen-bond donors (Lipinski definition) is 0. The molecule has 98 valence electrons. The summed E-state index contributed by atoms with van der Waals surface area (Å²) < 4.78 is 5.76. The Morgan fingerprint density at radius 1 is 1.33 bits per heavy atom. The highest BCUT2D eigenvalue weighted by Crippen LogP contribution is 2.48. The van der Waals surface area contributed by atoms with E-state index < -0.39 is 0 Å². The Kier molecular flexibility index (Phi) is 3.46. The lowest BCUT2D eigenvalue weighted by atomic mass is 9.89. The smallest absolute Gasteiger partial charge is 0.127 e. The first-order valence-corrected chi connectivity index (χ1v) is 7.57. The van der Waals surface area contributed by atoms with Gasteiger partial charge in [0.2, 0.25) is 0 Å². The molecule has 18 heavy (non-hydrogen) atoms. The van der Waals surface area contributed by atoms with Crippen molar-refractivity contribution < 1.29 is 4.74 Å². The summed E-state index contributed by atoms with van der Waals surface area (Å²) in [7, 11) is 0. The molecule has 1 aliphatic heterocycles. The minimum atomic E-state index is 0.0352. The van der Waals surface area contributed by atoms with E-state index in [0.717, 1.165) is 29.4 Å². The van der Waals surface area contributed by atoms with E-state index >= 15 is 0 Å². The third kappa shape index (κ3) is 2.12. The Morgan fingerprint density at radius 2 is 2.17 bits per heavy atom. The van der Waals surface area contributed by atoms with Crippen molar-refractivity contribution in [1.82, 2.24) is 0 Å². The summed E-state index contributed by atoms with van der Waals surface area (Å²) in [5.41, 5.74) is 2.32. The first-order chi connectivity index (χ1) is 8.66.